The van der Waals surface area contributed by atoms with E-state index in [2.05, 4.69) is 10.5 Å². The first-order valence-electron chi connectivity index (χ1n) is 18.4. The number of hydrogen-bond donors (Lipinski definition) is 6. The molecular formula is C38H65N3O10. The van der Waals surface area contributed by atoms with E-state index in [4.69, 9.17) is 19.0 Å². The third-order valence-corrected chi connectivity index (χ3v) is 10.8. The molecule has 6 N–H and O–H groups in total. The van der Waals surface area contributed by atoms with E-state index in [0.29, 0.717) is 25.2 Å². The molecule has 51 heavy (non-hydrogen) atoms. The summed E-state index contributed by atoms with van der Waals surface area (Å²) in [6.07, 6.45) is -6.75. The van der Waals surface area contributed by atoms with Gasteiger partial charge in [0.1, 0.15) is 24.4 Å². The Balaban J connectivity index is 1.99. The molecule has 13 nitrogen and oxygen atoms in total. The van der Waals surface area contributed by atoms with E-state index in [-0.39, 0.29) is 31.6 Å². The molecule has 2 saturated heterocycles. The molecular weight excluding hydrogens is 658 g/mol. The summed E-state index contributed by atoms with van der Waals surface area (Å²) in [6, 6.07) is 9.65. The minimum absolute atomic E-state index is 0.0217. The summed E-state index contributed by atoms with van der Waals surface area (Å²) in [5.41, 5.74) is -2.09. The molecule has 2 aliphatic rings. The molecule has 1 unspecified atom stereocenters. The predicted molar refractivity (Wildman–Crippen MR) is 194 cm³/mol. The molecule has 0 radical (unpaired) electrons. The lowest BCUT2D eigenvalue weighted by Crippen LogP contribution is -2.60. The summed E-state index contributed by atoms with van der Waals surface area (Å²) in [6.45, 7) is 14.7. The van der Waals surface area contributed by atoms with Crippen molar-refractivity contribution in [3.05, 3.63) is 35.9 Å². The molecule has 2 heterocycles. The van der Waals surface area contributed by atoms with Crippen LogP contribution < -0.4 is 5.32 Å². The van der Waals surface area contributed by atoms with Crippen LogP contribution in [0.2, 0.25) is 0 Å². The topological polar surface area (TPSA) is 183 Å². The van der Waals surface area contributed by atoms with Gasteiger partial charge in [0.15, 0.2) is 6.29 Å². The van der Waals surface area contributed by atoms with Gasteiger partial charge in [0.05, 0.1) is 41.6 Å². The van der Waals surface area contributed by atoms with Gasteiger partial charge in [0, 0.05) is 36.9 Å². The number of oxime groups is 1. The molecule has 2 fully saturated rings. The fraction of sp³-hybridized carbons (Fsp3) is 0.789. The number of esters is 1. The van der Waals surface area contributed by atoms with E-state index in [1.165, 1.54) is 13.8 Å². The molecule has 0 spiro atoms. The van der Waals surface area contributed by atoms with E-state index in [1.807, 2.05) is 63.2 Å². The lowest BCUT2D eigenvalue weighted by Gasteiger charge is -2.47. The number of carbonyl (C=O) groups is 1. The van der Waals surface area contributed by atoms with Gasteiger partial charge in [0.2, 0.25) is 0 Å². The highest BCUT2D eigenvalue weighted by molar-refractivity contribution is 5.88. The first-order valence-corrected chi connectivity index (χ1v) is 18.4. The standard InChI is InChI=1S/C38H65N3O10/c1-11-29-38(8,47)33(44)24(4)30(40-48-18-17-39-21-27-15-13-12-14-16-27)22(2)20-37(7,46)34(25(5)31(42)26(6)35(45)50-29)51-36-32(43)28(41(9)10)19-23(3)49-36/h12-16,22-26,28-29,31-34,36,39,42-44,46-47H,11,17-21H2,1-10H3/t22-,23-,24+,25+,26-,28+,29-,31+,32-,33-,34-,36+,37?,38-/m1/s1. The van der Waals surface area contributed by atoms with Gasteiger partial charge in [-0.25, -0.2) is 0 Å². The van der Waals surface area contributed by atoms with Crippen molar-refractivity contribution in [2.24, 2.45) is 28.8 Å². The molecule has 0 saturated carbocycles. The Kier molecular flexibility index (Phi) is 15.9. The summed E-state index contributed by atoms with van der Waals surface area (Å²) in [7, 11) is 3.72. The highest BCUT2D eigenvalue weighted by Gasteiger charge is 2.51. The fourth-order valence-corrected chi connectivity index (χ4v) is 7.66. The van der Waals surface area contributed by atoms with Crippen LogP contribution in [0.1, 0.15) is 80.2 Å². The second kappa shape index (κ2) is 18.7. The molecule has 0 aromatic heterocycles. The van der Waals surface area contributed by atoms with Gasteiger partial charge < -0.3 is 54.8 Å². The Labute approximate surface area is 304 Å². The number of aliphatic hydroxyl groups is 5. The van der Waals surface area contributed by atoms with Gasteiger partial charge in [-0.15, -0.1) is 0 Å². The van der Waals surface area contributed by atoms with Gasteiger partial charge in [-0.05, 0) is 66.6 Å². The van der Waals surface area contributed by atoms with Crippen LogP contribution in [0.15, 0.2) is 35.5 Å². The van der Waals surface area contributed by atoms with Crippen molar-refractivity contribution in [2.45, 2.75) is 141 Å². The highest BCUT2D eigenvalue weighted by Crippen LogP contribution is 2.38. The number of cyclic esters (lactones) is 1. The number of rotatable bonds is 10. The van der Waals surface area contributed by atoms with Gasteiger partial charge in [-0.1, -0.05) is 63.2 Å². The van der Waals surface area contributed by atoms with Crippen LogP contribution in [0, 0.1) is 23.7 Å². The molecule has 1 aromatic rings. The quantitative estimate of drug-likeness (QED) is 0.118. The Morgan fingerprint density at radius 2 is 1.65 bits per heavy atom. The lowest BCUT2D eigenvalue weighted by molar-refractivity contribution is -0.298. The van der Waals surface area contributed by atoms with Gasteiger partial charge in [0.25, 0.3) is 0 Å². The molecule has 1 aromatic carbocycles. The Bertz CT molecular complexity index is 1250. The zero-order valence-electron chi connectivity index (χ0n) is 32.2. The van der Waals surface area contributed by atoms with Crippen molar-refractivity contribution < 1.29 is 49.4 Å². The smallest absolute Gasteiger partial charge is 0.311 e. The van der Waals surface area contributed by atoms with Crippen LogP contribution in [0.4, 0.5) is 0 Å². The zero-order chi connectivity index (χ0) is 38.3. The maximum Gasteiger partial charge on any atom is 0.311 e. The van der Waals surface area contributed by atoms with E-state index in [1.54, 1.807) is 27.7 Å². The second-order valence-electron chi connectivity index (χ2n) is 15.5. The van der Waals surface area contributed by atoms with Gasteiger partial charge >= 0.3 is 5.97 Å². The Hall–Kier alpha value is -2.20. The van der Waals surface area contributed by atoms with Crippen molar-refractivity contribution >= 4 is 11.7 Å². The second-order valence-corrected chi connectivity index (χ2v) is 15.5. The number of aliphatic hydroxyl groups excluding tert-OH is 3. The third kappa shape index (κ3) is 10.9. The van der Waals surface area contributed by atoms with Gasteiger partial charge in [-0.3, -0.25) is 4.79 Å². The summed E-state index contributed by atoms with van der Waals surface area (Å²) < 4.78 is 18.3. The SMILES string of the molecule is CC[C@H]1OC(=O)[C@H](C)[C@@H](O)[C@H](C)[C@@H](O[C@@H]2O[C@H](C)C[C@H](N(C)C)[C@H]2O)C(C)(O)C[C@@H](C)C(=NOCCNCc2ccccc2)[C@H](C)[C@@H](O)[C@]1(C)O. The van der Waals surface area contributed by atoms with Crippen LogP contribution in [-0.2, 0) is 30.4 Å². The normalized spacial score (nSPS) is 41.3. The van der Waals surface area contributed by atoms with Crippen molar-refractivity contribution in [3.63, 3.8) is 0 Å². The summed E-state index contributed by atoms with van der Waals surface area (Å²) in [5, 5.41) is 66.4. The Morgan fingerprint density at radius 1 is 1.00 bits per heavy atom. The molecule has 2 aliphatic heterocycles. The van der Waals surface area contributed by atoms with Crippen molar-refractivity contribution in [3.8, 4) is 0 Å². The summed E-state index contributed by atoms with van der Waals surface area (Å²) >= 11 is 0. The molecule has 13 heteroatoms. The van der Waals surface area contributed by atoms with E-state index in [9.17, 15) is 30.3 Å². The number of likely N-dealkylation sites (N-methyl/N-ethyl adjacent to an activating group) is 1. The highest BCUT2D eigenvalue weighted by atomic mass is 16.7. The van der Waals surface area contributed by atoms with Gasteiger partial charge in [-0.2, -0.15) is 0 Å². The Morgan fingerprint density at radius 3 is 2.25 bits per heavy atom. The predicted octanol–water partition coefficient (Wildman–Crippen LogP) is 2.45. The molecule has 0 aliphatic carbocycles. The first-order chi connectivity index (χ1) is 23.8. The first kappa shape index (κ1) is 43.2. The number of carbonyl (C=O) groups excluding carboxylic acids is 1. The number of ether oxygens (including phenoxy) is 3. The average Bonchev–Trinajstić information content (AvgIpc) is 3.08. The largest absolute Gasteiger partial charge is 0.459 e. The molecule has 0 amide bonds. The lowest BCUT2D eigenvalue weighted by atomic mass is 9.73. The summed E-state index contributed by atoms with van der Waals surface area (Å²) in [4.78, 5) is 21.2. The van der Waals surface area contributed by atoms with Crippen molar-refractivity contribution in [2.75, 3.05) is 27.2 Å². The minimum atomic E-state index is -1.90. The van der Waals surface area contributed by atoms with Crippen LogP contribution >= 0.6 is 0 Å². The van der Waals surface area contributed by atoms with Crippen LogP contribution in [0.5, 0.6) is 0 Å². The van der Waals surface area contributed by atoms with Crippen LogP contribution in [0.25, 0.3) is 0 Å². The molecule has 292 valence electrons. The fourth-order valence-electron chi connectivity index (χ4n) is 7.66. The summed E-state index contributed by atoms with van der Waals surface area (Å²) in [5.74, 6) is -4.07. The molecule has 14 atom stereocenters. The zero-order valence-corrected chi connectivity index (χ0v) is 32.2. The van der Waals surface area contributed by atoms with E-state index in [0.717, 1.165) is 5.56 Å². The average molecular weight is 724 g/mol. The maximum atomic E-state index is 13.5. The number of hydrogen-bond acceptors (Lipinski definition) is 13. The monoisotopic (exact) mass is 723 g/mol. The maximum absolute atomic E-state index is 13.5. The van der Waals surface area contributed by atoms with E-state index < -0.39 is 77.7 Å². The number of nitrogens with one attached hydrogen (secondary N) is 1. The number of benzene rings is 1. The van der Waals surface area contributed by atoms with E-state index >= 15 is 0 Å². The number of nitrogens with zero attached hydrogens (tertiary/aromatic N) is 2. The van der Waals surface area contributed by atoms with Crippen LogP contribution in [0.3, 0.4) is 0 Å². The molecule has 0 bridgehead atoms. The van der Waals surface area contributed by atoms with Crippen molar-refractivity contribution in [1.82, 2.24) is 10.2 Å². The molecule has 3 rings (SSSR count). The third-order valence-electron chi connectivity index (χ3n) is 10.8. The van der Waals surface area contributed by atoms with Crippen LogP contribution in [-0.4, -0.2) is 130 Å². The van der Waals surface area contributed by atoms with Crippen molar-refractivity contribution in [1.29, 1.82) is 0 Å². The minimum Gasteiger partial charge on any atom is -0.459 e.